The number of aliphatic hydroxyl groups excluding tert-OH is 1. The molecule has 29 heavy (non-hydrogen) atoms. The van der Waals surface area contributed by atoms with Crippen molar-refractivity contribution in [2.45, 2.75) is 32.7 Å². The van der Waals surface area contributed by atoms with Crippen LogP contribution >= 0.6 is 0 Å². The number of phenolic OH excluding ortho intramolecular Hbond substituents is 1. The molecular weight excluding hydrogens is 366 g/mol. The summed E-state index contributed by atoms with van der Waals surface area (Å²) in [6.07, 6.45) is 1.44. The van der Waals surface area contributed by atoms with E-state index in [1.807, 2.05) is 31.2 Å². The molecule has 0 aliphatic carbocycles. The Kier molecular flexibility index (Phi) is 5.11. The molecule has 150 valence electrons. The molecule has 1 aromatic heterocycles. The third kappa shape index (κ3) is 3.29. The average molecular weight is 391 g/mol. The Morgan fingerprint density at radius 1 is 1.17 bits per heavy atom. The SMILES string of the molecule is CCc1ccc(C2c3c(-c4cc(C)ccc4O)n[nH]c3C(=O)N2CCCO)cc1. The number of aromatic nitrogens is 2. The van der Waals surface area contributed by atoms with E-state index in [4.69, 9.17) is 0 Å². The summed E-state index contributed by atoms with van der Waals surface area (Å²) < 4.78 is 0. The first kappa shape index (κ1) is 19.2. The van der Waals surface area contributed by atoms with Crippen LogP contribution in [0.3, 0.4) is 0 Å². The van der Waals surface area contributed by atoms with Gasteiger partial charge in [-0.15, -0.1) is 0 Å². The number of fused-ring (bicyclic) bond motifs is 1. The number of hydrogen-bond acceptors (Lipinski definition) is 4. The second-order valence-electron chi connectivity index (χ2n) is 7.45. The van der Waals surface area contributed by atoms with Gasteiger partial charge in [0.05, 0.1) is 6.04 Å². The molecule has 0 bridgehead atoms. The molecule has 4 rings (SSSR count). The van der Waals surface area contributed by atoms with Crippen molar-refractivity contribution in [2.24, 2.45) is 0 Å². The largest absolute Gasteiger partial charge is 0.507 e. The first-order valence-electron chi connectivity index (χ1n) is 9.94. The second kappa shape index (κ2) is 7.72. The summed E-state index contributed by atoms with van der Waals surface area (Å²) in [4.78, 5) is 14.9. The number of carbonyl (C=O) groups is 1. The molecule has 0 spiro atoms. The smallest absolute Gasteiger partial charge is 0.273 e. The summed E-state index contributed by atoms with van der Waals surface area (Å²) in [6, 6.07) is 13.3. The molecule has 6 nitrogen and oxygen atoms in total. The minimum Gasteiger partial charge on any atom is -0.507 e. The average Bonchev–Trinajstić information content (AvgIpc) is 3.27. The van der Waals surface area contributed by atoms with Gasteiger partial charge in [-0.1, -0.05) is 42.8 Å². The molecular formula is C23H25N3O3. The van der Waals surface area contributed by atoms with Gasteiger partial charge in [-0.2, -0.15) is 5.10 Å². The Labute approximate surface area is 169 Å². The number of aromatic hydroxyl groups is 1. The van der Waals surface area contributed by atoms with Crippen molar-refractivity contribution in [3.8, 4) is 17.0 Å². The number of carbonyl (C=O) groups excluding carboxylic acids is 1. The molecule has 1 amide bonds. The number of aromatic amines is 1. The van der Waals surface area contributed by atoms with Crippen molar-refractivity contribution < 1.29 is 15.0 Å². The van der Waals surface area contributed by atoms with Crippen LogP contribution in [-0.2, 0) is 6.42 Å². The summed E-state index contributed by atoms with van der Waals surface area (Å²) in [5.74, 6) is -0.00449. The third-order valence-electron chi connectivity index (χ3n) is 5.53. The monoisotopic (exact) mass is 391 g/mol. The normalized spacial score (nSPS) is 15.8. The van der Waals surface area contributed by atoms with Gasteiger partial charge >= 0.3 is 0 Å². The van der Waals surface area contributed by atoms with E-state index in [1.54, 1.807) is 11.0 Å². The molecule has 0 saturated carbocycles. The second-order valence-corrected chi connectivity index (χ2v) is 7.45. The van der Waals surface area contributed by atoms with Crippen molar-refractivity contribution in [1.82, 2.24) is 15.1 Å². The Morgan fingerprint density at radius 2 is 1.93 bits per heavy atom. The highest BCUT2D eigenvalue weighted by molar-refractivity contribution is 6.00. The maximum Gasteiger partial charge on any atom is 0.273 e. The number of benzene rings is 2. The molecule has 1 aliphatic rings. The van der Waals surface area contributed by atoms with Crippen LogP contribution in [0.4, 0.5) is 0 Å². The number of aliphatic hydroxyl groups is 1. The number of nitrogens with one attached hydrogen (secondary N) is 1. The fourth-order valence-corrected chi connectivity index (χ4v) is 4.00. The number of nitrogens with zero attached hydrogens (tertiary/aromatic N) is 2. The quantitative estimate of drug-likeness (QED) is 0.599. The van der Waals surface area contributed by atoms with Crippen LogP contribution in [0.25, 0.3) is 11.3 Å². The molecule has 0 saturated heterocycles. The lowest BCUT2D eigenvalue weighted by molar-refractivity contribution is 0.0732. The van der Waals surface area contributed by atoms with Crippen LogP contribution in [0.1, 0.15) is 52.1 Å². The lowest BCUT2D eigenvalue weighted by Gasteiger charge is -2.26. The van der Waals surface area contributed by atoms with E-state index in [9.17, 15) is 15.0 Å². The molecule has 1 atom stereocenters. The van der Waals surface area contributed by atoms with Crippen LogP contribution < -0.4 is 0 Å². The van der Waals surface area contributed by atoms with Gasteiger partial charge in [0.25, 0.3) is 5.91 Å². The molecule has 0 radical (unpaired) electrons. The van der Waals surface area contributed by atoms with Gasteiger partial charge in [-0.05, 0) is 43.0 Å². The summed E-state index contributed by atoms with van der Waals surface area (Å²) >= 11 is 0. The number of amides is 1. The van der Waals surface area contributed by atoms with E-state index < -0.39 is 0 Å². The molecule has 1 aliphatic heterocycles. The minimum atomic E-state index is -0.316. The van der Waals surface area contributed by atoms with Gasteiger partial charge in [0, 0.05) is 24.3 Å². The van der Waals surface area contributed by atoms with Crippen molar-refractivity contribution >= 4 is 5.91 Å². The fraction of sp³-hybridized carbons (Fsp3) is 0.304. The zero-order chi connectivity index (χ0) is 20.5. The Bertz CT molecular complexity index is 1040. The Morgan fingerprint density at radius 3 is 2.62 bits per heavy atom. The van der Waals surface area contributed by atoms with Crippen molar-refractivity contribution in [1.29, 1.82) is 0 Å². The summed E-state index contributed by atoms with van der Waals surface area (Å²) in [5.41, 5.74) is 5.63. The molecule has 3 N–H and O–H groups in total. The molecule has 3 aromatic rings. The van der Waals surface area contributed by atoms with E-state index >= 15 is 0 Å². The molecule has 0 fully saturated rings. The van der Waals surface area contributed by atoms with Crippen LogP contribution in [0.5, 0.6) is 5.75 Å². The van der Waals surface area contributed by atoms with E-state index in [0.29, 0.717) is 29.9 Å². The highest BCUT2D eigenvalue weighted by Crippen LogP contribution is 2.44. The van der Waals surface area contributed by atoms with Crippen LogP contribution in [0, 0.1) is 6.92 Å². The Hall–Kier alpha value is -3.12. The van der Waals surface area contributed by atoms with E-state index in [0.717, 1.165) is 23.1 Å². The topological polar surface area (TPSA) is 89.5 Å². The fourth-order valence-electron chi connectivity index (χ4n) is 4.00. The maximum atomic E-state index is 13.1. The van der Waals surface area contributed by atoms with E-state index in [-0.39, 0.29) is 24.3 Å². The predicted octanol–water partition coefficient (Wildman–Crippen LogP) is 3.58. The van der Waals surface area contributed by atoms with Gasteiger partial charge in [-0.3, -0.25) is 9.89 Å². The number of phenols is 1. The molecule has 1 unspecified atom stereocenters. The van der Waals surface area contributed by atoms with Gasteiger partial charge in [0.15, 0.2) is 0 Å². The van der Waals surface area contributed by atoms with Crippen molar-refractivity contribution in [3.63, 3.8) is 0 Å². The van der Waals surface area contributed by atoms with Crippen LogP contribution in [-0.4, -0.2) is 44.4 Å². The first-order valence-corrected chi connectivity index (χ1v) is 9.94. The summed E-state index contributed by atoms with van der Waals surface area (Å²) in [6.45, 7) is 4.52. The predicted molar refractivity (Wildman–Crippen MR) is 111 cm³/mol. The van der Waals surface area contributed by atoms with Gasteiger partial charge in [0.1, 0.15) is 17.1 Å². The minimum absolute atomic E-state index is 0.0168. The zero-order valence-electron chi connectivity index (χ0n) is 16.6. The van der Waals surface area contributed by atoms with E-state index in [2.05, 4.69) is 29.3 Å². The molecule has 2 aromatic carbocycles. The third-order valence-corrected chi connectivity index (χ3v) is 5.53. The summed E-state index contributed by atoms with van der Waals surface area (Å²) in [5, 5.41) is 27.1. The van der Waals surface area contributed by atoms with Gasteiger partial charge < -0.3 is 15.1 Å². The van der Waals surface area contributed by atoms with Crippen LogP contribution in [0.15, 0.2) is 42.5 Å². The lowest BCUT2D eigenvalue weighted by atomic mass is 9.94. The van der Waals surface area contributed by atoms with Crippen molar-refractivity contribution in [3.05, 3.63) is 70.4 Å². The number of rotatable bonds is 6. The van der Waals surface area contributed by atoms with Gasteiger partial charge in [-0.25, -0.2) is 0 Å². The van der Waals surface area contributed by atoms with Gasteiger partial charge in [0.2, 0.25) is 0 Å². The lowest BCUT2D eigenvalue weighted by Crippen LogP contribution is -2.31. The Balaban J connectivity index is 1.87. The number of aryl methyl sites for hydroxylation is 2. The highest BCUT2D eigenvalue weighted by atomic mass is 16.3. The molecule has 6 heteroatoms. The first-order chi connectivity index (χ1) is 14.0. The molecule has 2 heterocycles. The van der Waals surface area contributed by atoms with E-state index in [1.165, 1.54) is 5.56 Å². The summed E-state index contributed by atoms with van der Waals surface area (Å²) in [7, 11) is 0. The van der Waals surface area contributed by atoms with Crippen molar-refractivity contribution in [2.75, 3.05) is 13.2 Å². The van der Waals surface area contributed by atoms with Crippen LogP contribution in [0.2, 0.25) is 0 Å². The number of hydrogen-bond donors (Lipinski definition) is 3. The standard InChI is InChI=1S/C23H25N3O3/c1-3-15-6-8-16(9-7-15)22-19-20(17-13-14(2)5-10-18(17)28)24-25-21(19)23(29)26(22)11-4-12-27/h5-10,13,22,27-28H,3-4,11-12H2,1-2H3,(H,24,25). The number of H-pyrrole nitrogens is 1. The zero-order valence-corrected chi connectivity index (χ0v) is 16.6. The highest BCUT2D eigenvalue weighted by Gasteiger charge is 2.42. The maximum absolute atomic E-state index is 13.1.